The van der Waals surface area contributed by atoms with Gasteiger partial charge in [-0.1, -0.05) is 36.9 Å². The molecular weight excluding hydrogens is 326 g/mol. The Kier molecular flexibility index (Phi) is 3.88. The van der Waals surface area contributed by atoms with Gasteiger partial charge in [-0.05, 0) is 22.9 Å². The lowest BCUT2D eigenvalue weighted by Gasteiger charge is -2.15. The van der Waals surface area contributed by atoms with E-state index in [0.29, 0.717) is 28.9 Å². The fourth-order valence-electron chi connectivity index (χ4n) is 3.42. The molecule has 0 aliphatic rings. The summed E-state index contributed by atoms with van der Waals surface area (Å²) in [6, 6.07) is 15.7. The van der Waals surface area contributed by atoms with Gasteiger partial charge in [-0.3, -0.25) is 4.79 Å². The molecule has 0 saturated carbocycles. The van der Waals surface area contributed by atoms with Crippen molar-refractivity contribution in [2.45, 2.75) is 0 Å². The minimum Gasteiger partial charge on any atom is -0.496 e. The first kappa shape index (κ1) is 16.2. The van der Waals surface area contributed by atoms with Crippen LogP contribution in [0.1, 0.15) is 0 Å². The highest BCUT2D eigenvalue weighted by molar-refractivity contribution is 6.03. The van der Waals surface area contributed by atoms with Crippen LogP contribution < -0.4 is 14.9 Å². The van der Waals surface area contributed by atoms with E-state index in [1.54, 1.807) is 19.3 Å². The summed E-state index contributed by atoms with van der Waals surface area (Å²) in [7, 11) is 3.52. The zero-order valence-corrected chi connectivity index (χ0v) is 14.8. The van der Waals surface area contributed by atoms with Crippen molar-refractivity contribution >= 4 is 32.6 Å². The number of ether oxygens (including phenoxy) is 2. The molecule has 0 N–H and O–H groups in total. The van der Waals surface area contributed by atoms with Crippen molar-refractivity contribution in [3.05, 3.63) is 71.4 Å². The number of rotatable bonds is 4. The van der Waals surface area contributed by atoms with Crippen LogP contribution in [0.4, 0.5) is 0 Å². The van der Waals surface area contributed by atoms with Gasteiger partial charge < -0.3 is 14.0 Å². The number of aryl methyl sites for hydroxylation is 1. The van der Waals surface area contributed by atoms with Crippen molar-refractivity contribution in [2.75, 3.05) is 13.7 Å². The van der Waals surface area contributed by atoms with Crippen LogP contribution in [0, 0.1) is 0 Å². The molecule has 0 saturated heterocycles. The molecule has 0 spiro atoms. The highest BCUT2D eigenvalue weighted by Gasteiger charge is 2.15. The Labute approximate surface area is 150 Å². The maximum Gasteiger partial charge on any atom is 0.200 e. The SMILES string of the molecule is C=CCOc1cc(OC)c2c(=O)c3cc4ccccc4cc3n(C)c2c1. The van der Waals surface area contributed by atoms with Gasteiger partial charge in [0.15, 0.2) is 0 Å². The average Bonchev–Trinajstić information content (AvgIpc) is 2.68. The number of methoxy groups -OCH3 is 1. The fraction of sp³-hybridized carbons (Fsp3) is 0.136. The van der Waals surface area contributed by atoms with Gasteiger partial charge in [-0.15, -0.1) is 0 Å². The summed E-state index contributed by atoms with van der Waals surface area (Å²) < 4.78 is 13.2. The smallest absolute Gasteiger partial charge is 0.200 e. The van der Waals surface area contributed by atoms with Gasteiger partial charge in [0.1, 0.15) is 18.1 Å². The molecule has 26 heavy (non-hydrogen) atoms. The maximum absolute atomic E-state index is 13.2. The van der Waals surface area contributed by atoms with Gasteiger partial charge in [0.05, 0.1) is 23.5 Å². The molecule has 0 radical (unpaired) electrons. The third-order valence-corrected chi connectivity index (χ3v) is 4.70. The van der Waals surface area contributed by atoms with Crippen LogP contribution in [0.15, 0.2) is 66.0 Å². The highest BCUT2D eigenvalue weighted by Crippen LogP contribution is 2.32. The molecule has 1 heterocycles. The lowest BCUT2D eigenvalue weighted by molar-refractivity contribution is 0.358. The van der Waals surface area contributed by atoms with Crippen molar-refractivity contribution in [2.24, 2.45) is 7.05 Å². The molecule has 0 atom stereocenters. The fourth-order valence-corrected chi connectivity index (χ4v) is 3.42. The largest absolute Gasteiger partial charge is 0.496 e. The van der Waals surface area contributed by atoms with Crippen molar-refractivity contribution in [3.63, 3.8) is 0 Å². The Morgan fingerprint density at radius 3 is 2.50 bits per heavy atom. The molecule has 1 aromatic heterocycles. The number of nitrogens with zero attached hydrogens (tertiary/aromatic N) is 1. The normalized spacial score (nSPS) is 11.2. The first-order valence-electron chi connectivity index (χ1n) is 8.41. The van der Waals surface area contributed by atoms with Gasteiger partial charge in [0, 0.05) is 24.6 Å². The highest BCUT2D eigenvalue weighted by atomic mass is 16.5. The quantitative estimate of drug-likeness (QED) is 0.406. The van der Waals surface area contributed by atoms with E-state index in [1.165, 1.54) is 0 Å². The summed E-state index contributed by atoms with van der Waals surface area (Å²) >= 11 is 0. The van der Waals surface area contributed by atoms with Gasteiger partial charge in [0.25, 0.3) is 0 Å². The molecule has 4 aromatic rings. The second-order valence-electron chi connectivity index (χ2n) is 6.22. The Morgan fingerprint density at radius 1 is 1.08 bits per heavy atom. The first-order valence-corrected chi connectivity index (χ1v) is 8.41. The van der Waals surface area contributed by atoms with E-state index in [9.17, 15) is 4.79 Å². The monoisotopic (exact) mass is 345 g/mol. The van der Waals surface area contributed by atoms with E-state index in [1.807, 2.05) is 48.0 Å². The number of fused-ring (bicyclic) bond motifs is 3. The molecule has 130 valence electrons. The minimum absolute atomic E-state index is 0.0361. The Bertz CT molecular complexity index is 1220. The molecule has 3 aromatic carbocycles. The lowest BCUT2D eigenvalue weighted by atomic mass is 10.0. The molecule has 0 aliphatic heterocycles. The van der Waals surface area contributed by atoms with Crippen molar-refractivity contribution in [3.8, 4) is 11.5 Å². The van der Waals surface area contributed by atoms with E-state index in [4.69, 9.17) is 9.47 Å². The molecule has 0 amide bonds. The predicted octanol–water partition coefficient (Wildman–Crippen LogP) is 4.42. The molecular formula is C22H19NO3. The number of hydrogen-bond acceptors (Lipinski definition) is 3. The summed E-state index contributed by atoms with van der Waals surface area (Å²) in [6.45, 7) is 4.06. The summed E-state index contributed by atoms with van der Waals surface area (Å²) in [5, 5.41) is 3.38. The Morgan fingerprint density at radius 2 is 1.81 bits per heavy atom. The van der Waals surface area contributed by atoms with Crippen LogP contribution >= 0.6 is 0 Å². The van der Waals surface area contributed by atoms with E-state index < -0.39 is 0 Å². The molecule has 4 nitrogen and oxygen atoms in total. The summed E-state index contributed by atoms with van der Waals surface area (Å²) in [4.78, 5) is 13.2. The second kappa shape index (κ2) is 6.23. The van der Waals surface area contributed by atoms with Crippen molar-refractivity contribution in [1.82, 2.24) is 4.57 Å². The molecule has 0 aliphatic carbocycles. The summed E-state index contributed by atoms with van der Waals surface area (Å²) in [5.41, 5.74) is 1.62. The zero-order chi connectivity index (χ0) is 18.3. The second-order valence-corrected chi connectivity index (χ2v) is 6.22. The van der Waals surface area contributed by atoms with Crippen molar-refractivity contribution < 1.29 is 9.47 Å². The van der Waals surface area contributed by atoms with Crippen molar-refractivity contribution in [1.29, 1.82) is 0 Å². The van der Waals surface area contributed by atoms with Crippen LogP contribution in [-0.2, 0) is 7.05 Å². The zero-order valence-electron chi connectivity index (χ0n) is 14.8. The summed E-state index contributed by atoms with van der Waals surface area (Å²) in [6.07, 6.45) is 1.68. The number of hydrogen-bond donors (Lipinski definition) is 0. The van der Waals surface area contributed by atoms with Gasteiger partial charge >= 0.3 is 0 Å². The van der Waals surface area contributed by atoms with Crippen LogP contribution in [0.3, 0.4) is 0 Å². The van der Waals surface area contributed by atoms with E-state index in [0.717, 1.165) is 21.8 Å². The molecule has 0 bridgehead atoms. The Hall–Kier alpha value is -3.27. The predicted molar refractivity (Wildman–Crippen MR) is 106 cm³/mol. The molecule has 4 rings (SSSR count). The topological polar surface area (TPSA) is 40.5 Å². The van der Waals surface area contributed by atoms with Gasteiger partial charge in [-0.25, -0.2) is 0 Å². The third-order valence-electron chi connectivity index (χ3n) is 4.70. The van der Waals surface area contributed by atoms with Gasteiger partial charge in [0.2, 0.25) is 5.43 Å². The molecule has 4 heteroatoms. The average molecular weight is 345 g/mol. The van der Waals surface area contributed by atoms with Crippen LogP contribution in [0.2, 0.25) is 0 Å². The van der Waals surface area contributed by atoms with Gasteiger partial charge in [-0.2, -0.15) is 0 Å². The number of aromatic nitrogens is 1. The van der Waals surface area contributed by atoms with E-state index in [2.05, 4.69) is 12.6 Å². The summed E-state index contributed by atoms with van der Waals surface area (Å²) in [5.74, 6) is 1.15. The lowest BCUT2D eigenvalue weighted by Crippen LogP contribution is -2.11. The maximum atomic E-state index is 13.2. The van der Waals surface area contributed by atoms with E-state index in [-0.39, 0.29) is 5.43 Å². The van der Waals surface area contributed by atoms with Crippen LogP contribution in [-0.4, -0.2) is 18.3 Å². The Balaban J connectivity index is 2.15. The standard InChI is InChI=1S/C22H19NO3/c1-4-9-26-16-12-19-21(20(13-16)25-3)22(24)17-10-14-7-5-6-8-15(14)11-18(17)23(19)2/h4-8,10-13H,1,9H2,2-3H3. The third kappa shape index (κ3) is 2.42. The molecule has 0 unspecified atom stereocenters. The first-order chi connectivity index (χ1) is 12.6. The minimum atomic E-state index is -0.0361. The molecule has 0 fully saturated rings. The number of pyridine rings is 1. The number of benzene rings is 3. The van der Waals surface area contributed by atoms with Crippen LogP contribution in [0.5, 0.6) is 11.5 Å². The van der Waals surface area contributed by atoms with E-state index >= 15 is 0 Å². The van der Waals surface area contributed by atoms with Crippen LogP contribution in [0.25, 0.3) is 32.6 Å².